The molecule has 0 bridgehead atoms. The number of allylic oxidation sites excluding steroid dienone is 1. The monoisotopic (exact) mass is 428 g/mol. The Hall–Kier alpha value is -0.630. The van der Waals surface area contributed by atoms with Crippen molar-refractivity contribution in [1.82, 2.24) is 0 Å². The normalized spacial score (nSPS) is 45.0. The number of hydrogen-bond acceptors (Lipinski definition) is 2. The molecule has 1 unspecified atom stereocenters. The van der Waals surface area contributed by atoms with Crippen molar-refractivity contribution in [3.8, 4) is 0 Å². The fourth-order valence-corrected chi connectivity index (χ4v) is 9.10. The van der Waals surface area contributed by atoms with E-state index in [1.165, 1.54) is 50.5 Å². The molecule has 4 rings (SSSR count). The van der Waals surface area contributed by atoms with Crippen LogP contribution in [0.3, 0.4) is 0 Å². The molecule has 4 aliphatic rings. The molecule has 0 aliphatic heterocycles. The van der Waals surface area contributed by atoms with Crippen LogP contribution in [0.4, 0.5) is 0 Å². The number of aliphatic hydroxyl groups is 1. The number of rotatable bonds is 5. The average Bonchev–Trinajstić information content (AvgIpc) is 3.04. The van der Waals surface area contributed by atoms with Crippen molar-refractivity contribution in [2.75, 3.05) is 0 Å². The Morgan fingerprint density at radius 2 is 1.68 bits per heavy atom. The second kappa shape index (κ2) is 8.00. The highest BCUT2D eigenvalue weighted by molar-refractivity contribution is 5.95. The maximum atomic E-state index is 13.7. The van der Waals surface area contributed by atoms with Gasteiger partial charge in [-0.25, -0.2) is 0 Å². The standard InChI is InChI=1S/C29H48O2/c1-18(2)9-8-10-19(3)20-11-12-21-26-22(13-15-28(20,21)6)29(7)16-14-25(31)27(4,5)24(29)17-23(26)30/h17-22,25-26,31H,8-16H2,1-7H3/t19-,20-,21+,22+,25?,26+,28-,29-/m1/s1. The maximum absolute atomic E-state index is 13.7. The molecule has 0 radical (unpaired) electrons. The molecule has 3 saturated carbocycles. The lowest BCUT2D eigenvalue weighted by Crippen LogP contribution is -2.57. The molecule has 176 valence electrons. The van der Waals surface area contributed by atoms with Crippen LogP contribution in [0.2, 0.25) is 0 Å². The predicted octanol–water partition coefficient (Wildman–Crippen LogP) is 7.20. The predicted molar refractivity (Wildman–Crippen MR) is 129 cm³/mol. The van der Waals surface area contributed by atoms with E-state index in [2.05, 4.69) is 48.5 Å². The Bertz CT molecular complexity index is 733. The third-order valence-corrected chi connectivity index (χ3v) is 11.0. The van der Waals surface area contributed by atoms with Crippen LogP contribution >= 0.6 is 0 Å². The highest BCUT2D eigenvalue weighted by atomic mass is 16.3. The molecule has 31 heavy (non-hydrogen) atoms. The van der Waals surface area contributed by atoms with Gasteiger partial charge in [0.25, 0.3) is 0 Å². The van der Waals surface area contributed by atoms with E-state index in [4.69, 9.17) is 0 Å². The fraction of sp³-hybridized carbons (Fsp3) is 0.897. The van der Waals surface area contributed by atoms with Crippen LogP contribution in [0.25, 0.3) is 0 Å². The number of fused-ring (bicyclic) bond motifs is 5. The van der Waals surface area contributed by atoms with Crippen molar-refractivity contribution in [3.05, 3.63) is 11.6 Å². The zero-order chi connectivity index (χ0) is 22.8. The van der Waals surface area contributed by atoms with E-state index in [9.17, 15) is 9.90 Å². The van der Waals surface area contributed by atoms with Crippen molar-refractivity contribution in [2.24, 2.45) is 51.8 Å². The molecule has 0 amide bonds. The molecule has 0 heterocycles. The summed E-state index contributed by atoms with van der Waals surface area (Å²) in [7, 11) is 0. The van der Waals surface area contributed by atoms with Gasteiger partial charge in [0.15, 0.2) is 5.78 Å². The van der Waals surface area contributed by atoms with E-state index < -0.39 is 0 Å². The highest BCUT2D eigenvalue weighted by Crippen LogP contribution is 2.68. The first-order chi connectivity index (χ1) is 14.4. The molecule has 1 N–H and O–H groups in total. The highest BCUT2D eigenvalue weighted by Gasteiger charge is 2.63. The smallest absolute Gasteiger partial charge is 0.159 e. The van der Waals surface area contributed by atoms with Crippen molar-refractivity contribution >= 4 is 5.78 Å². The quantitative estimate of drug-likeness (QED) is 0.502. The van der Waals surface area contributed by atoms with Gasteiger partial charge in [0.2, 0.25) is 0 Å². The first-order valence-corrected chi connectivity index (χ1v) is 13.4. The lowest BCUT2D eigenvalue weighted by molar-refractivity contribution is -0.137. The van der Waals surface area contributed by atoms with E-state index in [1.807, 2.05) is 6.08 Å². The minimum absolute atomic E-state index is 0.0869. The SMILES string of the molecule is CC(C)CCC[C@@H](C)[C@H]1CC[C@H]2[C@@H]3C(=O)C=C4C(C)(C)C(O)CC[C@]4(C)[C@H]3CC[C@]12C. The van der Waals surface area contributed by atoms with Crippen molar-refractivity contribution in [3.63, 3.8) is 0 Å². The first-order valence-electron chi connectivity index (χ1n) is 13.4. The second-order valence-corrected chi connectivity index (χ2v) is 13.4. The lowest BCUT2D eigenvalue weighted by atomic mass is 9.44. The summed E-state index contributed by atoms with van der Waals surface area (Å²) in [6.07, 6.45) is 12.7. The van der Waals surface area contributed by atoms with E-state index >= 15 is 0 Å². The van der Waals surface area contributed by atoms with Gasteiger partial charge < -0.3 is 5.11 Å². The number of carbonyl (C=O) groups is 1. The molecule has 0 saturated heterocycles. The number of hydrogen-bond donors (Lipinski definition) is 1. The van der Waals surface area contributed by atoms with Gasteiger partial charge in [-0.2, -0.15) is 0 Å². The Kier molecular flexibility index (Phi) is 6.07. The Balaban J connectivity index is 1.59. The van der Waals surface area contributed by atoms with Gasteiger partial charge in [-0.05, 0) is 85.0 Å². The summed E-state index contributed by atoms with van der Waals surface area (Å²) >= 11 is 0. The molecule has 0 aromatic heterocycles. The Morgan fingerprint density at radius 3 is 2.35 bits per heavy atom. The second-order valence-electron chi connectivity index (χ2n) is 13.4. The lowest BCUT2D eigenvalue weighted by Gasteiger charge is -2.60. The van der Waals surface area contributed by atoms with Crippen LogP contribution in [-0.2, 0) is 4.79 Å². The fourth-order valence-electron chi connectivity index (χ4n) is 9.10. The minimum Gasteiger partial charge on any atom is -0.392 e. The molecule has 2 heteroatoms. The molecule has 2 nitrogen and oxygen atoms in total. The third kappa shape index (κ3) is 3.58. The van der Waals surface area contributed by atoms with Gasteiger partial charge in [0, 0.05) is 11.3 Å². The molecule has 3 fully saturated rings. The average molecular weight is 429 g/mol. The van der Waals surface area contributed by atoms with E-state index in [-0.39, 0.29) is 22.9 Å². The van der Waals surface area contributed by atoms with Crippen LogP contribution in [0.15, 0.2) is 11.6 Å². The molecule has 8 atom stereocenters. The first kappa shape index (κ1) is 23.5. The van der Waals surface area contributed by atoms with Gasteiger partial charge in [-0.3, -0.25) is 4.79 Å². The topological polar surface area (TPSA) is 37.3 Å². The van der Waals surface area contributed by atoms with E-state index in [1.54, 1.807) is 0 Å². The maximum Gasteiger partial charge on any atom is 0.159 e. The van der Waals surface area contributed by atoms with Gasteiger partial charge in [-0.1, -0.05) is 73.3 Å². The van der Waals surface area contributed by atoms with Crippen LogP contribution in [-0.4, -0.2) is 17.0 Å². The van der Waals surface area contributed by atoms with Gasteiger partial charge in [0.1, 0.15) is 0 Å². The largest absolute Gasteiger partial charge is 0.392 e. The summed E-state index contributed by atoms with van der Waals surface area (Å²) in [5, 5.41) is 10.7. The van der Waals surface area contributed by atoms with Gasteiger partial charge in [0.05, 0.1) is 6.10 Å². The van der Waals surface area contributed by atoms with Crippen LogP contribution < -0.4 is 0 Å². The number of ketones is 1. The Morgan fingerprint density at radius 1 is 0.968 bits per heavy atom. The van der Waals surface area contributed by atoms with Crippen molar-refractivity contribution in [1.29, 1.82) is 0 Å². The van der Waals surface area contributed by atoms with Crippen LogP contribution in [0.1, 0.15) is 106 Å². The molecular weight excluding hydrogens is 380 g/mol. The zero-order valence-electron chi connectivity index (χ0n) is 21.3. The van der Waals surface area contributed by atoms with Gasteiger partial charge in [-0.15, -0.1) is 0 Å². The summed E-state index contributed by atoms with van der Waals surface area (Å²) in [5.74, 6) is 3.99. The third-order valence-electron chi connectivity index (χ3n) is 11.0. The number of aliphatic hydroxyl groups excluding tert-OH is 1. The zero-order valence-corrected chi connectivity index (χ0v) is 21.3. The van der Waals surface area contributed by atoms with E-state index in [0.717, 1.165) is 30.6 Å². The van der Waals surface area contributed by atoms with Crippen molar-refractivity contribution < 1.29 is 9.90 Å². The van der Waals surface area contributed by atoms with Gasteiger partial charge >= 0.3 is 0 Å². The summed E-state index contributed by atoms with van der Waals surface area (Å²) in [4.78, 5) is 13.7. The molecular formula is C29H48O2. The van der Waals surface area contributed by atoms with Crippen molar-refractivity contribution in [2.45, 2.75) is 112 Å². The summed E-state index contributed by atoms with van der Waals surface area (Å²) < 4.78 is 0. The molecule has 0 aromatic carbocycles. The van der Waals surface area contributed by atoms with E-state index in [0.29, 0.717) is 23.0 Å². The number of carbonyl (C=O) groups excluding carboxylic acids is 1. The summed E-state index contributed by atoms with van der Waals surface area (Å²) in [5.41, 5.74) is 1.39. The molecule has 0 spiro atoms. The summed E-state index contributed by atoms with van der Waals surface area (Å²) in [6.45, 7) is 16.5. The molecule has 4 aliphatic carbocycles. The Labute approximate surface area is 191 Å². The summed E-state index contributed by atoms with van der Waals surface area (Å²) in [6, 6.07) is 0. The minimum atomic E-state index is -0.326. The molecule has 0 aromatic rings. The van der Waals surface area contributed by atoms with Crippen LogP contribution in [0.5, 0.6) is 0 Å². The van der Waals surface area contributed by atoms with Crippen LogP contribution in [0, 0.1) is 51.8 Å².